The molecule has 0 unspecified atom stereocenters. The molecule has 1 aliphatic heterocycles. The van der Waals surface area contributed by atoms with E-state index in [2.05, 4.69) is 17.2 Å². The van der Waals surface area contributed by atoms with E-state index in [1.54, 1.807) is 0 Å². The van der Waals surface area contributed by atoms with Crippen molar-refractivity contribution in [2.75, 3.05) is 26.2 Å². The number of carbonyl (C=O) groups is 2. The lowest BCUT2D eigenvalue weighted by molar-refractivity contribution is -0.140. The van der Waals surface area contributed by atoms with Gasteiger partial charge in [0.15, 0.2) is 0 Å². The van der Waals surface area contributed by atoms with Crippen LogP contribution in [0.3, 0.4) is 0 Å². The summed E-state index contributed by atoms with van der Waals surface area (Å²) in [6, 6.07) is 2.10. The second kappa shape index (κ2) is 9.02. The number of hydrogen-bond donors (Lipinski definition) is 2. The molecule has 148 valence electrons. The lowest BCUT2D eigenvalue weighted by Crippen LogP contribution is -2.53. The molecule has 2 rings (SSSR count). The molecule has 2 amide bonds. The molecule has 1 aromatic rings. The van der Waals surface area contributed by atoms with Crippen molar-refractivity contribution in [1.82, 2.24) is 14.9 Å². The molecule has 27 heavy (non-hydrogen) atoms. The molecule has 8 nitrogen and oxygen atoms in total. The predicted molar refractivity (Wildman–Crippen MR) is 90.8 cm³/mol. The molecule has 1 heterocycles. The highest BCUT2D eigenvalue weighted by Crippen LogP contribution is 2.24. The van der Waals surface area contributed by atoms with E-state index in [9.17, 15) is 26.8 Å². The summed E-state index contributed by atoms with van der Waals surface area (Å²) in [5.41, 5.74) is 0. The number of nitrogens with zero attached hydrogens (tertiary/aromatic N) is 1. The Kier molecular flexibility index (Phi) is 6.99. The first kappa shape index (κ1) is 20.9. The predicted octanol–water partition coefficient (Wildman–Crippen LogP) is 0.120. The van der Waals surface area contributed by atoms with Crippen molar-refractivity contribution >= 4 is 21.8 Å². The van der Waals surface area contributed by atoms with E-state index in [0.717, 1.165) is 10.4 Å². The van der Waals surface area contributed by atoms with Crippen LogP contribution in [0.4, 0.5) is 8.78 Å². The van der Waals surface area contributed by atoms with Crippen LogP contribution in [0.1, 0.15) is 6.42 Å². The molecule has 0 spiro atoms. The summed E-state index contributed by atoms with van der Waals surface area (Å²) in [6.07, 6.45) is 0.556. The molecule has 1 saturated heterocycles. The molecule has 0 bridgehead atoms. The Bertz CT molecular complexity index is 831. The number of hydrogen-bond acceptors (Lipinski definition) is 5. The minimum Gasteiger partial charge on any atom is -0.360 e. The van der Waals surface area contributed by atoms with Gasteiger partial charge in [-0.05, 0) is 24.6 Å². The van der Waals surface area contributed by atoms with Crippen LogP contribution in [0.2, 0.25) is 0 Å². The molecule has 1 aliphatic rings. The zero-order valence-electron chi connectivity index (χ0n) is 14.3. The van der Waals surface area contributed by atoms with Gasteiger partial charge in [-0.1, -0.05) is 6.08 Å². The number of carbonyl (C=O) groups excluding carboxylic acids is 2. The Balaban J connectivity index is 2.14. The van der Waals surface area contributed by atoms with Crippen LogP contribution in [-0.4, -0.2) is 57.0 Å². The lowest BCUT2D eigenvalue weighted by Gasteiger charge is -2.34. The first-order valence-corrected chi connectivity index (χ1v) is 9.46. The Morgan fingerprint density at radius 1 is 1.30 bits per heavy atom. The monoisotopic (exact) mass is 403 g/mol. The molecule has 1 fully saturated rings. The smallest absolute Gasteiger partial charge is 0.309 e. The minimum atomic E-state index is -4.42. The highest BCUT2D eigenvalue weighted by molar-refractivity contribution is 7.89. The van der Waals surface area contributed by atoms with E-state index in [1.807, 2.05) is 0 Å². The Hall–Kier alpha value is -2.37. The summed E-state index contributed by atoms with van der Waals surface area (Å²) in [4.78, 5) is 22.4. The van der Waals surface area contributed by atoms with E-state index in [4.69, 9.17) is 4.74 Å². The highest BCUT2D eigenvalue weighted by Gasteiger charge is 2.36. The van der Waals surface area contributed by atoms with Gasteiger partial charge in [-0.15, -0.1) is 6.58 Å². The van der Waals surface area contributed by atoms with Gasteiger partial charge in [-0.2, -0.15) is 4.31 Å². The van der Waals surface area contributed by atoms with Crippen LogP contribution in [0, 0.1) is 11.6 Å². The second-order valence-corrected chi connectivity index (χ2v) is 7.44. The minimum absolute atomic E-state index is 0.0124. The van der Waals surface area contributed by atoms with Gasteiger partial charge in [0, 0.05) is 13.1 Å². The first-order valence-electron chi connectivity index (χ1n) is 8.02. The first-order chi connectivity index (χ1) is 12.8. The van der Waals surface area contributed by atoms with Gasteiger partial charge < -0.3 is 15.4 Å². The zero-order chi connectivity index (χ0) is 20.0. The van der Waals surface area contributed by atoms with Crippen molar-refractivity contribution in [1.29, 1.82) is 0 Å². The van der Waals surface area contributed by atoms with Crippen LogP contribution in [0.15, 0.2) is 35.7 Å². The molecule has 11 heteroatoms. The Labute approximate surface area is 155 Å². The van der Waals surface area contributed by atoms with E-state index in [1.165, 1.54) is 6.08 Å². The maximum absolute atomic E-state index is 13.9. The molecular formula is C16H19F2N3O5S. The van der Waals surface area contributed by atoms with Gasteiger partial charge in [0.1, 0.15) is 22.8 Å². The second-order valence-electron chi connectivity index (χ2n) is 5.58. The number of ether oxygens (including phenoxy) is 1. The molecule has 1 aromatic carbocycles. The summed E-state index contributed by atoms with van der Waals surface area (Å²) in [6.45, 7) is 3.34. The third-order valence-electron chi connectivity index (χ3n) is 3.68. The largest absolute Gasteiger partial charge is 0.360 e. The van der Waals surface area contributed by atoms with Gasteiger partial charge in [0.2, 0.25) is 10.0 Å². The molecule has 1 atom stereocenters. The normalized spacial score (nSPS) is 17.9. The van der Waals surface area contributed by atoms with Gasteiger partial charge in [-0.25, -0.2) is 17.2 Å². The molecule has 2 N–H and O–H groups in total. The maximum Gasteiger partial charge on any atom is 0.309 e. The fourth-order valence-corrected chi connectivity index (χ4v) is 4.05. The van der Waals surface area contributed by atoms with Crippen molar-refractivity contribution in [2.24, 2.45) is 0 Å². The van der Waals surface area contributed by atoms with Gasteiger partial charge in [0.25, 0.3) is 0 Å². The molecule has 0 radical (unpaired) electrons. The van der Waals surface area contributed by atoms with Crippen molar-refractivity contribution < 1.29 is 31.5 Å². The molecule has 0 aliphatic carbocycles. The number of sulfonamides is 1. The zero-order valence-corrected chi connectivity index (χ0v) is 15.1. The van der Waals surface area contributed by atoms with E-state index in [0.29, 0.717) is 18.6 Å². The van der Waals surface area contributed by atoms with E-state index in [-0.39, 0.29) is 26.2 Å². The fourth-order valence-electron chi connectivity index (χ4n) is 2.41. The van der Waals surface area contributed by atoms with E-state index >= 15 is 0 Å². The number of rotatable bonds is 6. The lowest BCUT2D eigenvalue weighted by atomic mass is 10.3. The van der Waals surface area contributed by atoms with Crippen molar-refractivity contribution in [3.8, 4) is 0 Å². The van der Waals surface area contributed by atoms with Gasteiger partial charge in [0.05, 0.1) is 13.2 Å². The summed E-state index contributed by atoms with van der Waals surface area (Å²) in [7, 11) is -4.42. The average molecular weight is 403 g/mol. The average Bonchev–Trinajstić information content (AvgIpc) is 2.66. The Morgan fingerprint density at radius 2 is 2.00 bits per heavy atom. The van der Waals surface area contributed by atoms with Crippen molar-refractivity contribution in [3.05, 3.63) is 42.5 Å². The quantitative estimate of drug-likeness (QED) is 0.519. The standard InChI is InChI=1S/C16H19F2N3O5S/c1-2-6-19-15(22)16(23)20-10-14-21(7-3-8-26-14)27(24,25)13-9-11(17)4-5-12(13)18/h2,4-5,9,14H,1,3,6-8,10H2,(H,19,22)(H,20,23)/t14-/m1/s1. The van der Waals surface area contributed by atoms with E-state index < -0.39 is 44.6 Å². The number of benzene rings is 1. The van der Waals surface area contributed by atoms with Crippen LogP contribution in [-0.2, 0) is 24.3 Å². The molecular weight excluding hydrogens is 384 g/mol. The summed E-state index contributed by atoms with van der Waals surface area (Å²) >= 11 is 0. The molecule has 0 saturated carbocycles. The third-order valence-corrected chi connectivity index (χ3v) is 5.59. The van der Waals surface area contributed by atoms with Crippen molar-refractivity contribution in [3.63, 3.8) is 0 Å². The number of amides is 2. The topological polar surface area (TPSA) is 105 Å². The van der Waals surface area contributed by atoms with Gasteiger partial charge in [-0.3, -0.25) is 9.59 Å². The third kappa shape index (κ3) is 5.08. The number of halogens is 2. The number of nitrogens with one attached hydrogen (secondary N) is 2. The van der Waals surface area contributed by atoms with Crippen LogP contribution >= 0.6 is 0 Å². The summed E-state index contributed by atoms with van der Waals surface area (Å²) < 4.78 is 59.0. The molecule has 0 aromatic heterocycles. The Morgan fingerprint density at radius 3 is 2.70 bits per heavy atom. The van der Waals surface area contributed by atoms with Crippen LogP contribution in [0.5, 0.6) is 0 Å². The highest BCUT2D eigenvalue weighted by atomic mass is 32.2. The van der Waals surface area contributed by atoms with Crippen LogP contribution in [0.25, 0.3) is 0 Å². The fraction of sp³-hybridized carbons (Fsp3) is 0.375. The SMILES string of the molecule is C=CCNC(=O)C(=O)NC[C@H]1OCCCN1S(=O)(=O)c1cc(F)ccc1F. The maximum atomic E-state index is 13.9. The van der Waals surface area contributed by atoms with Crippen molar-refractivity contribution in [2.45, 2.75) is 17.5 Å². The summed E-state index contributed by atoms with van der Waals surface area (Å²) in [5, 5.41) is 4.52. The summed E-state index contributed by atoms with van der Waals surface area (Å²) in [5.74, 6) is -3.91. The van der Waals surface area contributed by atoms with Gasteiger partial charge >= 0.3 is 11.8 Å². The van der Waals surface area contributed by atoms with Crippen LogP contribution < -0.4 is 10.6 Å².